The largest absolute Gasteiger partial charge is 0.348 e. The summed E-state index contributed by atoms with van der Waals surface area (Å²) in [6, 6.07) is 7.53. The maximum absolute atomic E-state index is 12.2. The van der Waals surface area contributed by atoms with Crippen LogP contribution >= 0.6 is 0 Å². The zero-order valence-corrected chi connectivity index (χ0v) is 13.5. The first-order chi connectivity index (χ1) is 11.5. The lowest BCUT2D eigenvalue weighted by Gasteiger charge is -2.28. The highest BCUT2D eigenvalue weighted by molar-refractivity contribution is 6.03. The van der Waals surface area contributed by atoms with Crippen LogP contribution in [0.3, 0.4) is 0 Å². The van der Waals surface area contributed by atoms with Crippen molar-refractivity contribution in [3.63, 3.8) is 0 Å². The van der Waals surface area contributed by atoms with Crippen LogP contribution in [0.5, 0.6) is 0 Å². The van der Waals surface area contributed by atoms with Gasteiger partial charge in [0.15, 0.2) is 0 Å². The number of benzene rings is 1. The molecule has 0 saturated carbocycles. The van der Waals surface area contributed by atoms with Crippen molar-refractivity contribution < 1.29 is 9.72 Å². The third-order valence-corrected chi connectivity index (χ3v) is 4.48. The highest BCUT2D eigenvalue weighted by Gasteiger charge is 2.19. The molecule has 126 valence electrons. The molecule has 1 amide bonds. The predicted molar refractivity (Wildman–Crippen MR) is 91.3 cm³/mol. The molecule has 2 N–H and O–H groups in total. The number of nitrogens with one attached hydrogen (secondary N) is 2. The lowest BCUT2D eigenvalue weighted by molar-refractivity contribution is -0.384. The number of likely N-dealkylation sites (tertiary alicyclic amines) is 1. The molecule has 0 bridgehead atoms. The Kier molecular flexibility index (Phi) is 4.61. The van der Waals surface area contributed by atoms with Gasteiger partial charge in [0, 0.05) is 23.9 Å². The zero-order chi connectivity index (χ0) is 17.1. The van der Waals surface area contributed by atoms with E-state index < -0.39 is 4.92 Å². The molecule has 7 heteroatoms. The third kappa shape index (κ3) is 3.62. The first-order valence-electron chi connectivity index (χ1n) is 7.95. The number of aromatic nitrogens is 1. The van der Waals surface area contributed by atoms with Crippen molar-refractivity contribution >= 4 is 17.4 Å². The highest BCUT2D eigenvalue weighted by atomic mass is 16.6. The highest BCUT2D eigenvalue weighted by Crippen LogP contribution is 2.29. The van der Waals surface area contributed by atoms with E-state index in [4.69, 9.17) is 0 Å². The van der Waals surface area contributed by atoms with Gasteiger partial charge in [0.1, 0.15) is 5.82 Å². The molecule has 0 atom stereocenters. The third-order valence-electron chi connectivity index (χ3n) is 4.48. The van der Waals surface area contributed by atoms with E-state index in [2.05, 4.69) is 22.2 Å². The Labute approximate surface area is 139 Å². The second-order valence-corrected chi connectivity index (χ2v) is 6.18. The molecule has 1 aliphatic heterocycles. The van der Waals surface area contributed by atoms with Gasteiger partial charge in [-0.15, -0.1) is 0 Å². The van der Waals surface area contributed by atoms with Gasteiger partial charge in [0.2, 0.25) is 0 Å². The van der Waals surface area contributed by atoms with Gasteiger partial charge in [-0.3, -0.25) is 14.9 Å². The normalized spacial score (nSPS) is 16.0. The maximum atomic E-state index is 12.2. The first kappa shape index (κ1) is 16.2. The Hall–Kier alpha value is -2.67. The van der Waals surface area contributed by atoms with Gasteiger partial charge in [-0.05, 0) is 62.7 Å². The molecule has 0 unspecified atom stereocenters. The van der Waals surface area contributed by atoms with Crippen LogP contribution in [0.4, 0.5) is 11.5 Å². The lowest BCUT2D eigenvalue weighted by atomic mass is 9.91. The second kappa shape index (κ2) is 6.84. The molecule has 24 heavy (non-hydrogen) atoms. The predicted octanol–water partition coefficient (Wildman–Crippen LogP) is 2.98. The molecule has 0 radical (unpaired) electrons. The van der Waals surface area contributed by atoms with Crippen LogP contribution in [0, 0.1) is 10.1 Å². The van der Waals surface area contributed by atoms with Crippen LogP contribution in [0.1, 0.15) is 34.7 Å². The van der Waals surface area contributed by atoms with Gasteiger partial charge in [-0.25, -0.2) is 0 Å². The summed E-state index contributed by atoms with van der Waals surface area (Å²) >= 11 is 0. The van der Waals surface area contributed by atoms with E-state index in [0.29, 0.717) is 17.3 Å². The second-order valence-electron chi connectivity index (χ2n) is 6.18. The number of aromatic amines is 1. The number of carbonyl (C=O) groups excluding carboxylic acids is 1. The number of hydrogen-bond donors (Lipinski definition) is 2. The smallest absolute Gasteiger partial charge is 0.269 e. The molecule has 0 aliphatic carbocycles. The van der Waals surface area contributed by atoms with Crippen LogP contribution in [0.2, 0.25) is 0 Å². The summed E-state index contributed by atoms with van der Waals surface area (Å²) in [7, 11) is 2.13. The molecule has 2 heterocycles. The van der Waals surface area contributed by atoms with Gasteiger partial charge in [0.05, 0.1) is 4.92 Å². The summed E-state index contributed by atoms with van der Waals surface area (Å²) in [5.74, 6) is 0.872. The average Bonchev–Trinajstić information content (AvgIpc) is 3.04. The Morgan fingerprint density at radius 3 is 2.58 bits per heavy atom. The van der Waals surface area contributed by atoms with Crippen LogP contribution in [-0.2, 0) is 0 Å². The fourth-order valence-corrected chi connectivity index (χ4v) is 2.99. The standard InChI is InChI=1S/C17H20N4O3/c1-20-8-6-12(7-9-20)14-10-16(18-11-14)19-17(22)13-2-4-15(5-3-13)21(23)24/h2-5,10-12,18H,6-9H2,1H3,(H,19,22). The minimum absolute atomic E-state index is 0.0315. The molecule has 2 aromatic rings. The van der Waals surface area contributed by atoms with Crippen LogP contribution in [-0.4, -0.2) is 40.9 Å². The van der Waals surface area contributed by atoms with Crippen molar-refractivity contribution in [3.8, 4) is 0 Å². The number of nitro groups is 1. The van der Waals surface area contributed by atoms with E-state index in [9.17, 15) is 14.9 Å². The average molecular weight is 328 g/mol. The number of amides is 1. The summed E-state index contributed by atoms with van der Waals surface area (Å²) in [6.07, 6.45) is 4.18. The topological polar surface area (TPSA) is 91.3 Å². The summed E-state index contributed by atoms with van der Waals surface area (Å²) in [4.78, 5) is 27.8. The monoisotopic (exact) mass is 328 g/mol. The van der Waals surface area contributed by atoms with Gasteiger partial charge < -0.3 is 15.2 Å². The zero-order valence-electron chi connectivity index (χ0n) is 13.5. The van der Waals surface area contributed by atoms with Crippen molar-refractivity contribution in [2.75, 3.05) is 25.5 Å². The summed E-state index contributed by atoms with van der Waals surface area (Å²) in [5.41, 5.74) is 1.56. The van der Waals surface area contributed by atoms with Crippen LogP contribution in [0.15, 0.2) is 36.5 Å². The van der Waals surface area contributed by atoms with Crippen molar-refractivity contribution in [3.05, 3.63) is 57.8 Å². The SMILES string of the molecule is CN1CCC(c2c[nH]c(NC(=O)c3ccc([N+](=O)[O-])cc3)c2)CC1. The summed E-state index contributed by atoms with van der Waals surface area (Å²) in [5, 5.41) is 13.4. The molecule has 1 aliphatic rings. The number of nitro benzene ring substituents is 1. The summed E-state index contributed by atoms with van der Waals surface area (Å²) in [6.45, 7) is 2.17. The Bertz CT molecular complexity index is 731. The van der Waals surface area contributed by atoms with Gasteiger partial charge in [0.25, 0.3) is 11.6 Å². The lowest BCUT2D eigenvalue weighted by Crippen LogP contribution is -2.29. The molecule has 1 aromatic heterocycles. The van der Waals surface area contributed by atoms with Crippen LogP contribution in [0.25, 0.3) is 0 Å². The Balaban J connectivity index is 1.63. The van der Waals surface area contributed by atoms with Gasteiger partial charge in [-0.2, -0.15) is 0 Å². The Morgan fingerprint density at radius 2 is 1.96 bits per heavy atom. The number of nitrogens with zero attached hydrogens (tertiary/aromatic N) is 2. The van der Waals surface area contributed by atoms with Gasteiger partial charge in [-0.1, -0.05) is 0 Å². The van der Waals surface area contributed by atoms with E-state index in [0.717, 1.165) is 25.9 Å². The van der Waals surface area contributed by atoms with Crippen molar-refractivity contribution in [2.24, 2.45) is 0 Å². The number of hydrogen-bond acceptors (Lipinski definition) is 4. The van der Waals surface area contributed by atoms with Gasteiger partial charge >= 0.3 is 0 Å². The molecule has 1 saturated heterocycles. The number of anilines is 1. The molecule has 1 aromatic carbocycles. The van der Waals surface area contributed by atoms with Crippen molar-refractivity contribution in [2.45, 2.75) is 18.8 Å². The number of carbonyl (C=O) groups is 1. The molecular formula is C17H20N4O3. The van der Waals surface area contributed by atoms with E-state index in [-0.39, 0.29) is 11.6 Å². The minimum Gasteiger partial charge on any atom is -0.348 e. The van der Waals surface area contributed by atoms with E-state index in [1.807, 2.05) is 12.3 Å². The van der Waals surface area contributed by atoms with E-state index >= 15 is 0 Å². The molecule has 1 fully saturated rings. The molecule has 7 nitrogen and oxygen atoms in total. The summed E-state index contributed by atoms with van der Waals surface area (Å²) < 4.78 is 0. The van der Waals surface area contributed by atoms with E-state index in [1.54, 1.807) is 0 Å². The number of non-ortho nitro benzene ring substituents is 1. The van der Waals surface area contributed by atoms with Crippen LogP contribution < -0.4 is 5.32 Å². The molecular weight excluding hydrogens is 308 g/mol. The maximum Gasteiger partial charge on any atom is 0.269 e. The molecule has 0 spiro atoms. The number of piperidine rings is 1. The fraction of sp³-hybridized carbons (Fsp3) is 0.353. The van der Waals surface area contributed by atoms with Crippen molar-refractivity contribution in [1.29, 1.82) is 0 Å². The fourth-order valence-electron chi connectivity index (χ4n) is 2.99. The molecule has 3 rings (SSSR count). The number of rotatable bonds is 4. The quantitative estimate of drug-likeness (QED) is 0.667. The van der Waals surface area contributed by atoms with E-state index in [1.165, 1.54) is 29.8 Å². The first-order valence-corrected chi connectivity index (χ1v) is 7.95. The van der Waals surface area contributed by atoms with Crippen molar-refractivity contribution in [1.82, 2.24) is 9.88 Å². The number of H-pyrrole nitrogens is 1. The minimum atomic E-state index is -0.486. The Morgan fingerprint density at radius 1 is 1.29 bits per heavy atom.